The van der Waals surface area contributed by atoms with Crippen LogP contribution in [0.2, 0.25) is 0 Å². The maximum absolute atomic E-state index is 12.3. The normalized spacial score (nSPS) is 22.2. The van der Waals surface area contributed by atoms with Crippen molar-refractivity contribution in [2.45, 2.75) is 31.8 Å². The Morgan fingerprint density at radius 1 is 1.28 bits per heavy atom. The van der Waals surface area contributed by atoms with E-state index in [2.05, 4.69) is 29.6 Å². The first-order chi connectivity index (χ1) is 8.34. The molecule has 2 heterocycles. The molecular formula is C14H19ClN2O. The van der Waals surface area contributed by atoms with Crippen LogP contribution in [0.15, 0.2) is 24.3 Å². The molecule has 4 heteroatoms. The standard InChI is InChI=1S/C14H18N2O.ClH/c17-14(13-6-3-8-15-13)16-9-7-11-4-1-2-5-12(11)10-16;/h1-2,4-5,13,15H,3,6-10H2;1H. The molecule has 0 saturated carbocycles. The van der Waals surface area contributed by atoms with Crippen molar-refractivity contribution in [3.63, 3.8) is 0 Å². The van der Waals surface area contributed by atoms with Gasteiger partial charge in [-0.1, -0.05) is 24.3 Å². The second-order valence-corrected chi connectivity index (χ2v) is 4.93. The second kappa shape index (κ2) is 5.72. The van der Waals surface area contributed by atoms with Gasteiger partial charge in [-0.15, -0.1) is 12.4 Å². The number of amides is 1. The van der Waals surface area contributed by atoms with Crippen LogP contribution in [0, 0.1) is 0 Å². The molecule has 1 saturated heterocycles. The highest BCUT2D eigenvalue weighted by atomic mass is 35.5. The van der Waals surface area contributed by atoms with Crippen molar-refractivity contribution in [1.29, 1.82) is 0 Å². The lowest BCUT2D eigenvalue weighted by atomic mass is 9.99. The topological polar surface area (TPSA) is 32.3 Å². The van der Waals surface area contributed by atoms with Crippen LogP contribution in [0.5, 0.6) is 0 Å². The number of nitrogens with one attached hydrogen (secondary N) is 1. The van der Waals surface area contributed by atoms with Crippen molar-refractivity contribution in [2.75, 3.05) is 13.1 Å². The van der Waals surface area contributed by atoms with Crippen LogP contribution in [-0.2, 0) is 17.8 Å². The average Bonchev–Trinajstić information content (AvgIpc) is 2.91. The third-order valence-electron chi connectivity index (χ3n) is 3.80. The van der Waals surface area contributed by atoms with E-state index in [1.165, 1.54) is 11.1 Å². The van der Waals surface area contributed by atoms with Gasteiger partial charge in [-0.3, -0.25) is 4.79 Å². The van der Waals surface area contributed by atoms with Crippen molar-refractivity contribution in [2.24, 2.45) is 0 Å². The molecule has 1 aromatic carbocycles. The summed E-state index contributed by atoms with van der Waals surface area (Å²) in [5.41, 5.74) is 2.71. The minimum Gasteiger partial charge on any atom is -0.337 e. The van der Waals surface area contributed by atoms with E-state index in [4.69, 9.17) is 0 Å². The second-order valence-electron chi connectivity index (χ2n) is 4.93. The molecule has 1 N–H and O–H groups in total. The molecule has 0 bridgehead atoms. The van der Waals surface area contributed by atoms with Gasteiger partial charge in [0.1, 0.15) is 0 Å². The largest absolute Gasteiger partial charge is 0.337 e. The minimum absolute atomic E-state index is 0. The summed E-state index contributed by atoms with van der Waals surface area (Å²) in [6.45, 7) is 2.64. The van der Waals surface area contributed by atoms with Gasteiger partial charge in [-0.05, 0) is 36.9 Å². The predicted octanol–water partition coefficient (Wildman–Crippen LogP) is 1.75. The summed E-state index contributed by atoms with van der Waals surface area (Å²) in [6, 6.07) is 8.51. The van der Waals surface area contributed by atoms with Crippen LogP contribution in [0.25, 0.3) is 0 Å². The molecule has 3 rings (SSSR count). The molecule has 2 aliphatic heterocycles. The highest BCUT2D eigenvalue weighted by molar-refractivity contribution is 5.85. The molecule has 0 aliphatic carbocycles. The van der Waals surface area contributed by atoms with E-state index < -0.39 is 0 Å². The van der Waals surface area contributed by atoms with E-state index in [1.54, 1.807) is 0 Å². The molecule has 1 aromatic rings. The lowest BCUT2D eigenvalue weighted by Gasteiger charge is -2.30. The van der Waals surface area contributed by atoms with Gasteiger partial charge < -0.3 is 10.2 Å². The summed E-state index contributed by atoms with van der Waals surface area (Å²) in [5, 5.41) is 3.29. The zero-order valence-corrected chi connectivity index (χ0v) is 11.2. The summed E-state index contributed by atoms with van der Waals surface area (Å²) in [7, 11) is 0. The summed E-state index contributed by atoms with van der Waals surface area (Å²) in [5.74, 6) is 0.289. The molecule has 0 radical (unpaired) electrons. The molecule has 18 heavy (non-hydrogen) atoms. The van der Waals surface area contributed by atoms with Gasteiger partial charge in [0.15, 0.2) is 0 Å². The van der Waals surface area contributed by atoms with E-state index in [0.717, 1.165) is 38.9 Å². The van der Waals surface area contributed by atoms with E-state index in [9.17, 15) is 4.79 Å². The van der Waals surface area contributed by atoms with Gasteiger partial charge in [0.25, 0.3) is 0 Å². The zero-order chi connectivity index (χ0) is 11.7. The molecule has 1 unspecified atom stereocenters. The fraction of sp³-hybridized carbons (Fsp3) is 0.500. The Kier molecular flexibility index (Phi) is 4.25. The molecule has 3 nitrogen and oxygen atoms in total. The SMILES string of the molecule is Cl.O=C(C1CCCN1)N1CCc2ccccc2C1. The van der Waals surface area contributed by atoms with Gasteiger partial charge in [-0.25, -0.2) is 0 Å². The molecule has 0 spiro atoms. The molecule has 2 aliphatic rings. The Balaban J connectivity index is 0.00000120. The lowest BCUT2D eigenvalue weighted by Crippen LogP contribution is -2.45. The van der Waals surface area contributed by atoms with Gasteiger partial charge >= 0.3 is 0 Å². The number of benzene rings is 1. The number of carbonyl (C=O) groups excluding carboxylic acids is 1. The Bertz CT molecular complexity index is 430. The number of carbonyl (C=O) groups is 1. The molecule has 1 amide bonds. The van der Waals surface area contributed by atoms with Crippen LogP contribution in [0.1, 0.15) is 24.0 Å². The summed E-state index contributed by atoms with van der Waals surface area (Å²) >= 11 is 0. The van der Waals surface area contributed by atoms with Crippen molar-refractivity contribution in [3.8, 4) is 0 Å². The third-order valence-corrected chi connectivity index (χ3v) is 3.80. The molecular weight excluding hydrogens is 248 g/mol. The fourth-order valence-electron chi connectivity index (χ4n) is 2.80. The summed E-state index contributed by atoms with van der Waals surface area (Å²) < 4.78 is 0. The van der Waals surface area contributed by atoms with Crippen molar-refractivity contribution < 1.29 is 4.79 Å². The van der Waals surface area contributed by atoms with Gasteiger partial charge in [0.2, 0.25) is 5.91 Å². The van der Waals surface area contributed by atoms with Crippen LogP contribution in [0.4, 0.5) is 0 Å². The molecule has 1 atom stereocenters. The first kappa shape index (κ1) is 13.4. The van der Waals surface area contributed by atoms with E-state index >= 15 is 0 Å². The Hall–Kier alpha value is -1.06. The quantitative estimate of drug-likeness (QED) is 0.840. The number of hydrogen-bond donors (Lipinski definition) is 1. The minimum atomic E-state index is 0. The Morgan fingerprint density at radius 2 is 2.06 bits per heavy atom. The highest BCUT2D eigenvalue weighted by Gasteiger charge is 2.28. The van der Waals surface area contributed by atoms with Gasteiger partial charge in [0, 0.05) is 13.1 Å². The fourth-order valence-corrected chi connectivity index (χ4v) is 2.80. The number of halogens is 1. The molecule has 1 fully saturated rings. The average molecular weight is 267 g/mol. The smallest absolute Gasteiger partial charge is 0.240 e. The van der Waals surface area contributed by atoms with Crippen molar-refractivity contribution in [1.82, 2.24) is 10.2 Å². The highest BCUT2D eigenvalue weighted by Crippen LogP contribution is 2.20. The first-order valence-electron chi connectivity index (χ1n) is 6.43. The molecule has 98 valence electrons. The number of fused-ring (bicyclic) bond motifs is 1. The molecule has 0 aromatic heterocycles. The van der Waals surface area contributed by atoms with Crippen LogP contribution < -0.4 is 5.32 Å². The third kappa shape index (κ3) is 2.52. The van der Waals surface area contributed by atoms with Crippen LogP contribution in [0.3, 0.4) is 0 Å². The number of nitrogens with zero attached hydrogens (tertiary/aromatic N) is 1. The lowest BCUT2D eigenvalue weighted by molar-refractivity contribution is -0.134. The van der Waals surface area contributed by atoms with Crippen molar-refractivity contribution in [3.05, 3.63) is 35.4 Å². The van der Waals surface area contributed by atoms with E-state index in [-0.39, 0.29) is 24.4 Å². The Morgan fingerprint density at radius 3 is 2.78 bits per heavy atom. The van der Waals surface area contributed by atoms with Gasteiger partial charge in [0.05, 0.1) is 6.04 Å². The van der Waals surface area contributed by atoms with Crippen molar-refractivity contribution >= 4 is 18.3 Å². The monoisotopic (exact) mass is 266 g/mol. The number of hydrogen-bond acceptors (Lipinski definition) is 2. The maximum Gasteiger partial charge on any atom is 0.240 e. The van der Waals surface area contributed by atoms with Crippen LogP contribution in [-0.4, -0.2) is 29.9 Å². The summed E-state index contributed by atoms with van der Waals surface area (Å²) in [6.07, 6.45) is 3.12. The predicted molar refractivity (Wildman–Crippen MR) is 73.8 cm³/mol. The Labute approximate surface area is 114 Å². The van der Waals surface area contributed by atoms with Gasteiger partial charge in [-0.2, -0.15) is 0 Å². The zero-order valence-electron chi connectivity index (χ0n) is 10.4. The van der Waals surface area contributed by atoms with E-state index in [1.807, 2.05) is 4.90 Å². The maximum atomic E-state index is 12.3. The van der Waals surface area contributed by atoms with E-state index in [0.29, 0.717) is 0 Å². The number of rotatable bonds is 1. The van der Waals surface area contributed by atoms with Crippen LogP contribution >= 0.6 is 12.4 Å². The summed E-state index contributed by atoms with van der Waals surface area (Å²) in [4.78, 5) is 14.3. The first-order valence-corrected chi connectivity index (χ1v) is 6.43.